The van der Waals surface area contributed by atoms with Gasteiger partial charge in [0.1, 0.15) is 73.2 Å². The first kappa shape index (κ1) is 53.1. The van der Waals surface area contributed by atoms with E-state index >= 15 is 0 Å². The van der Waals surface area contributed by atoms with Crippen LogP contribution in [-0.2, 0) is 33.2 Å². The van der Waals surface area contributed by atoms with Gasteiger partial charge in [-0.2, -0.15) is 0 Å². The molecule has 354 valence electrons. The Morgan fingerprint density at radius 1 is 0.533 bits per heavy atom. The van der Waals surface area contributed by atoms with E-state index in [4.69, 9.17) is 28.4 Å². The van der Waals surface area contributed by atoms with Crippen molar-refractivity contribution < 1.29 is 89.4 Å². The lowest BCUT2D eigenvalue weighted by Crippen LogP contribution is -2.66. The summed E-state index contributed by atoms with van der Waals surface area (Å²) in [5.41, 5.74) is 0. The third kappa shape index (κ3) is 16.1. The van der Waals surface area contributed by atoms with Gasteiger partial charge in [-0.15, -0.1) is 0 Å². The molecule has 0 saturated carbocycles. The molecule has 1 amide bonds. The van der Waals surface area contributed by atoms with Gasteiger partial charge in [0, 0.05) is 6.42 Å². The zero-order chi connectivity index (χ0) is 44.2. The lowest BCUT2D eigenvalue weighted by Gasteiger charge is -2.48. The fourth-order valence-corrected chi connectivity index (χ4v) is 7.84. The quantitative estimate of drug-likeness (QED) is 0.0400. The minimum Gasteiger partial charge on any atom is -0.394 e. The van der Waals surface area contributed by atoms with Crippen LogP contribution in [0.4, 0.5) is 0 Å². The van der Waals surface area contributed by atoms with Crippen molar-refractivity contribution >= 4 is 5.91 Å². The number of carbonyl (C=O) groups excluding carboxylic acids is 1. The molecule has 3 saturated heterocycles. The third-order valence-electron chi connectivity index (χ3n) is 11.7. The molecule has 0 spiro atoms. The summed E-state index contributed by atoms with van der Waals surface area (Å²) in [7, 11) is 0. The lowest BCUT2D eigenvalue weighted by molar-refractivity contribution is -0.379. The van der Waals surface area contributed by atoms with Crippen molar-refractivity contribution in [2.75, 3.05) is 26.4 Å². The van der Waals surface area contributed by atoms with Crippen molar-refractivity contribution in [3.63, 3.8) is 0 Å². The van der Waals surface area contributed by atoms with Gasteiger partial charge in [-0.1, -0.05) is 104 Å². The summed E-state index contributed by atoms with van der Waals surface area (Å²) in [6.07, 6.45) is -9.36. The number of rotatable bonds is 29. The Balaban J connectivity index is 1.54. The lowest BCUT2D eigenvalue weighted by atomic mass is 9.96. The van der Waals surface area contributed by atoms with Gasteiger partial charge in [0.25, 0.3) is 0 Å². The van der Waals surface area contributed by atoms with E-state index in [1.165, 1.54) is 51.4 Å². The van der Waals surface area contributed by atoms with E-state index in [9.17, 15) is 61.0 Å². The van der Waals surface area contributed by atoms with Crippen LogP contribution in [-0.4, -0.2) is 193 Å². The number of hydrogen-bond acceptors (Lipinski definition) is 18. The predicted octanol–water partition coefficient (Wildman–Crippen LogP) is -1.03. The molecule has 0 aromatic carbocycles. The van der Waals surface area contributed by atoms with Crippen molar-refractivity contribution in [3.8, 4) is 0 Å². The number of aliphatic hydroxyl groups is 11. The normalized spacial score (nSPS) is 35.9. The molecule has 0 bridgehead atoms. The van der Waals surface area contributed by atoms with Gasteiger partial charge >= 0.3 is 0 Å². The van der Waals surface area contributed by atoms with Crippen molar-refractivity contribution in [2.45, 2.75) is 227 Å². The van der Waals surface area contributed by atoms with Crippen LogP contribution in [0, 0.1) is 0 Å². The molecule has 19 nitrogen and oxygen atoms in total. The maximum atomic E-state index is 13.0. The standard InChI is InChI=1S/C41H77NO18/c1-3-5-7-8-9-10-11-12-13-14-15-17-19-29(47)42-24(25(46)18-16-6-4-2)23-55-39-35(53)32(50)37(27(21-44)57-39)60-41-36(54)33(51)38(28(22-45)58-41)59-40-34(52)31(49)30(48)26(20-43)56-40/h24-28,30-41,43-46,48-54H,3-23H2,1-2H3,(H,42,47). The van der Waals surface area contributed by atoms with Crippen molar-refractivity contribution in [3.05, 3.63) is 0 Å². The summed E-state index contributed by atoms with van der Waals surface area (Å²) < 4.78 is 33.8. The van der Waals surface area contributed by atoms with Crippen LogP contribution in [0.1, 0.15) is 123 Å². The van der Waals surface area contributed by atoms with E-state index < -0.39 is 124 Å². The van der Waals surface area contributed by atoms with Crippen LogP contribution in [0.5, 0.6) is 0 Å². The number of unbranched alkanes of at least 4 members (excludes halogenated alkanes) is 13. The largest absolute Gasteiger partial charge is 0.394 e. The molecule has 19 heteroatoms. The van der Waals surface area contributed by atoms with E-state index in [-0.39, 0.29) is 18.9 Å². The maximum Gasteiger partial charge on any atom is 0.220 e. The van der Waals surface area contributed by atoms with Gasteiger partial charge in [-0.3, -0.25) is 4.79 Å². The zero-order valence-corrected chi connectivity index (χ0v) is 35.4. The topological polar surface area (TPSA) is 307 Å². The Labute approximate surface area is 353 Å². The van der Waals surface area contributed by atoms with E-state index in [1.807, 2.05) is 6.92 Å². The SMILES string of the molecule is CCCCCCCCCCCCCCC(=O)NC(COC1OC(CO)C(OC2OC(CO)C(OC3OC(CO)C(O)C(O)C3O)C(O)C2O)C(O)C1O)C(O)CCCCC. The molecule has 0 aromatic heterocycles. The fraction of sp³-hybridized carbons (Fsp3) is 0.976. The van der Waals surface area contributed by atoms with Crippen molar-refractivity contribution in [1.29, 1.82) is 0 Å². The average molecular weight is 872 g/mol. The van der Waals surface area contributed by atoms with Gasteiger partial charge in [0.05, 0.1) is 38.6 Å². The molecule has 3 heterocycles. The average Bonchev–Trinajstić information content (AvgIpc) is 3.24. The van der Waals surface area contributed by atoms with Crippen LogP contribution < -0.4 is 5.32 Å². The number of nitrogens with one attached hydrogen (secondary N) is 1. The van der Waals surface area contributed by atoms with Gasteiger partial charge in [0.15, 0.2) is 18.9 Å². The van der Waals surface area contributed by atoms with Gasteiger partial charge < -0.3 is 89.9 Å². The molecular weight excluding hydrogens is 794 g/mol. The summed E-state index contributed by atoms with van der Waals surface area (Å²) in [5.74, 6) is -0.257. The second kappa shape index (κ2) is 28.6. The smallest absolute Gasteiger partial charge is 0.220 e. The Morgan fingerprint density at radius 2 is 0.950 bits per heavy atom. The van der Waals surface area contributed by atoms with Crippen LogP contribution in [0.2, 0.25) is 0 Å². The Bertz CT molecular complexity index is 1140. The van der Waals surface area contributed by atoms with Gasteiger partial charge in [-0.25, -0.2) is 0 Å². The van der Waals surface area contributed by atoms with Crippen LogP contribution >= 0.6 is 0 Å². The summed E-state index contributed by atoms with van der Waals surface area (Å²) in [6, 6.07) is -0.873. The minimum atomic E-state index is -1.96. The highest BCUT2D eigenvalue weighted by atomic mass is 16.8. The summed E-state index contributed by atoms with van der Waals surface area (Å²) in [5, 5.41) is 118. The number of amides is 1. The molecule has 3 fully saturated rings. The van der Waals surface area contributed by atoms with Crippen LogP contribution in [0.15, 0.2) is 0 Å². The molecule has 3 aliphatic rings. The Morgan fingerprint density at radius 3 is 1.45 bits per heavy atom. The molecular formula is C41H77NO18. The number of aliphatic hydroxyl groups excluding tert-OH is 11. The van der Waals surface area contributed by atoms with Crippen LogP contribution in [0.25, 0.3) is 0 Å². The zero-order valence-electron chi connectivity index (χ0n) is 35.4. The molecule has 0 aromatic rings. The number of ether oxygens (including phenoxy) is 6. The molecule has 0 radical (unpaired) electrons. The molecule has 12 N–H and O–H groups in total. The maximum absolute atomic E-state index is 13.0. The second-order valence-electron chi connectivity index (χ2n) is 16.5. The number of hydrogen-bond donors (Lipinski definition) is 12. The van der Waals surface area contributed by atoms with E-state index in [0.29, 0.717) is 19.3 Å². The summed E-state index contributed by atoms with van der Waals surface area (Å²) >= 11 is 0. The number of carbonyl (C=O) groups is 1. The molecule has 60 heavy (non-hydrogen) atoms. The first-order valence-corrected chi connectivity index (χ1v) is 22.3. The Hall–Kier alpha value is -1.21. The third-order valence-corrected chi connectivity index (χ3v) is 11.7. The van der Waals surface area contributed by atoms with Crippen LogP contribution in [0.3, 0.4) is 0 Å². The van der Waals surface area contributed by atoms with E-state index in [1.54, 1.807) is 0 Å². The highest BCUT2D eigenvalue weighted by Crippen LogP contribution is 2.33. The molecule has 3 aliphatic heterocycles. The second-order valence-corrected chi connectivity index (χ2v) is 16.5. The monoisotopic (exact) mass is 872 g/mol. The summed E-state index contributed by atoms with van der Waals surface area (Å²) in [4.78, 5) is 13.0. The highest BCUT2D eigenvalue weighted by molar-refractivity contribution is 5.76. The van der Waals surface area contributed by atoms with E-state index in [0.717, 1.165) is 32.1 Å². The molecule has 0 aliphatic carbocycles. The minimum absolute atomic E-state index is 0.257. The predicted molar refractivity (Wildman–Crippen MR) is 213 cm³/mol. The van der Waals surface area contributed by atoms with Crippen molar-refractivity contribution in [2.24, 2.45) is 0 Å². The Kier molecular flexibility index (Phi) is 25.3. The van der Waals surface area contributed by atoms with Gasteiger partial charge in [0.2, 0.25) is 5.91 Å². The molecule has 3 rings (SSSR count). The first-order chi connectivity index (χ1) is 28.8. The molecule has 17 unspecified atom stereocenters. The molecule has 17 atom stereocenters. The summed E-state index contributed by atoms with van der Waals surface area (Å²) in [6.45, 7) is 1.54. The fourth-order valence-electron chi connectivity index (χ4n) is 7.84. The first-order valence-electron chi connectivity index (χ1n) is 22.3. The van der Waals surface area contributed by atoms with Gasteiger partial charge in [-0.05, 0) is 12.8 Å². The van der Waals surface area contributed by atoms with Crippen molar-refractivity contribution in [1.82, 2.24) is 5.32 Å². The van der Waals surface area contributed by atoms with E-state index in [2.05, 4.69) is 12.2 Å². The highest BCUT2D eigenvalue weighted by Gasteiger charge is 2.53.